The van der Waals surface area contributed by atoms with Crippen molar-refractivity contribution in [3.05, 3.63) is 107 Å². The van der Waals surface area contributed by atoms with Crippen molar-refractivity contribution in [3.8, 4) is 5.69 Å². The zero-order valence-electron chi connectivity index (χ0n) is 20.2. The van der Waals surface area contributed by atoms with Gasteiger partial charge in [0.25, 0.3) is 0 Å². The van der Waals surface area contributed by atoms with E-state index in [1.54, 1.807) is 0 Å². The van der Waals surface area contributed by atoms with Crippen LogP contribution in [0, 0.1) is 13.8 Å². The Morgan fingerprint density at radius 1 is 0.943 bits per heavy atom. The summed E-state index contributed by atoms with van der Waals surface area (Å²) in [4.78, 5) is 8.97. The molecule has 0 amide bonds. The van der Waals surface area contributed by atoms with Crippen molar-refractivity contribution < 1.29 is 0 Å². The van der Waals surface area contributed by atoms with Crippen LogP contribution >= 0.6 is 23.8 Å². The number of aromatic nitrogens is 2. The van der Waals surface area contributed by atoms with Gasteiger partial charge in [0.2, 0.25) is 0 Å². The first kappa shape index (κ1) is 23.4. The van der Waals surface area contributed by atoms with Crippen molar-refractivity contribution in [2.24, 2.45) is 0 Å². The first-order chi connectivity index (χ1) is 16.8. The van der Waals surface area contributed by atoms with Crippen molar-refractivity contribution in [2.75, 3.05) is 23.9 Å². The number of rotatable bonds is 5. The summed E-state index contributed by atoms with van der Waals surface area (Å²) >= 11 is 12.1. The van der Waals surface area contributed by atoms with Gasteiger partial charge in [0.15, 0.2) is 5.11 Å². The molecule has 0 bridgehead atoms. The van der Waals surface area contributed by atoms with Crippen LogP contribution in [0.2, 0.25) is 5.02 Å². The van der Waals surface area contributed by atoms with E-state index < -0.39 is 0 Å². The third kappa shape index (κ3) is 4.28. The lowest BCUT2D eigenvalue weighted by atomic mass is 9.96. The highest BCUT2D eigenvalue weighted by molar-refractivity contribution is 7.80. The fourth-order valence-electron chi connectivity index (χ4n) is 4.93. The summed E-state index contributed by atoms with van der Waals surface area (Å²) < 4.78 is 2.31. The molecule has 1 fully saturated rings. The molecule has 35 heavy (non-hydrogen) atoms. The quantitative estimate of drug-likeness (QED) is 0.321. The third-order valence-corrected chi connectivity index (χ3v) is 7.18. The Kier molecular flexibility index (Phi) is 6.26. The second-order valence-electron chi connectivity index (χ2n) is 9.05. The molecule has 1 aliphatic heterocycles. The standard InChI is InChI=1S/C28H28ClN5S/c1-18-17-24(19(2)33(18)22-14-12-21(13-15-22)32(3)4)27-26(25-7-5-6-16-30-25)31-28(35)34(27)23-10-8-20(29)9-11-23/h5-17,26-27H,1-4H3,(H,31,35). The lowest BCUT2D eigenvalue weighted by Gasteiger charge is -2.28. The summed E-state index contributed by atoms with van der Waals surface area (Å²) in [6.45, 7) is 4.33. The number of hydrogen-bond donors (Lipinski definition) is 1. The van der Waals surface area contributed by atoms with Crippen molar-refractivity contribution in [1.82, 2.24) is 14.9 Å². The number of nitrogens with one attached hydrogen (secondary N) is 1. The molecule has 5 rings (SSSR count). The average molecular weight is 502 g/mol. The van der Waals surface area contributed by atoms with E-state index in [0.29, 0.717) is 10.1 Å². The summed E-state index contributed by atoms with van der Waals surface area (Å²) in [7, 11) is 4.11. The predicted molar refractivity (Wildman–Crippen MR) is 149 cm³/mol. The van der Waals surface area contributed by atoms with Gasteiger partial charge in [-0.1, -0.05) is 17.7 Å². The van der Waals surface area contributed by atoms with Gasteiger partial charge in [0, 0.05) is 53.8 Å². The van der Waals surface area contributed by atoms with Crippen LogP contribution in [0.15, 0.2) is 79.0 Å². The van der Waals surface area contributed by atoms with E-state index in [1.165, 1.54) is 22.6 Å². The monoisotopic (exact) mass is 501 g/mol. The van der Waals surface area contributed by atoms with Crippen molar-refractivity contribution in [2.45, 2.75) is 25.9 Å². The highest BCUT2D eigenvalue weighted by Gasteiger charge is 2.42. The van der Waals surface area contributed by atoms with Crippen LogP contribution in [0.25, 0.3) is 5.69 Å². The summed E-state index contributed by atoms with van der Waals surface area (Å²) in [5.41, 5.74) is 7.81. The van der Waals surface area contributed by atoms with Crippen LogP contribution in [0.4, 0.5) is 11.4 Å². The Bertz CT molecular complexity index is 1350. The van der Waals surface area contributed by atoms with Gasteiger partial charge in [-0.05, 0) is 98.4 Å². The van der Waals surface area contributed by atoms with E-state index in [9.17, 15) is 0 Å². The maximum atomic E-state index is 6.20. The fraction of sp³-hybridized carbons (Fsp3) is 0.214. The van der Waals surface area contributed by atoms with Gasteiger partial charge >= 0.3 is 0 Å². The van der Waals surface area contributed by atoms with E-state index >= 15 is 0 Å². The van der Waals surface area contributed by atoms with Gasteiger partial charge in [-0.25, -0.2) is 0 Å². The number of benzene rings is 2. The molecule has 1 aliphatic rings. The van der Waals surface area contributed by atoms with Gasteiger partial charge in [-0.3, -0.25) is 4.98 Å². The molecule has 178 valence electrons. The molecule has 0 aliphatic carbocycles. The molecule has 2 atom stereocenters. The third-order valence-electron chi connectivity index (χ3n) is 6.62. The Labute approximate surface area is 217 Å². The molecule has 1 N–H and O–H groups in total. The van der Waals surface area contributed by atoms with Crippen LogP contribution in [-0.4, -0.2) is 28.8 Å². The smallest absolute Gasteiger partial charge is 0.174 e. The summed E-state index contributed by atoms with van der Waals surface area (Å²) in [5.74, 6) is 0. The molecule has 0 saturated carbocycles. The van der Waals surface area contributed by atoms with E-state index in [2.05, 4.69) is 89.0 Å². The van der Waals surface area contributed by atoms with Gasteiger partial charge in [0.05, 0.1) is 17.8 Å². The molecule has 0 radical (unpaired) electrons. The molecular weight excluding hydrogens is 474 g/mol. The minimum absolute atomic E-state index is 0.0698. The number of thiocarbonyl (C=S) groups is 1. The van der Waals surface area contributed by atoms with E-state index in [1.807, 2.05) is 42.6 Å². The lowest BCUT2D eigenvalue weighted by molar-refractivity contribution is 0.565. The first-order valence-electron chi connectivity index (χ1n) is 11.6. The normalized spacial score (nSPS) is 17.5. The van der Waals surface area contributed by atoms with Gasteiger partial charge in [0.1, 0.15) is 0 Å². The lowest BCUT2D eigenvalue weighted by Crippen LogP contribution is -2.29. The van der Waals surface area contributed by atoms with Crippen LogP contribution in [0.1, 0.15) is 34.7 Å². The predicted octanol–water partition coefficient (Wildman–Crippen LogP) is 6.39. The summed E-state index contributed by atoms with van der Waals surface area (Å²) in [6, 6.07) is 24.6. The highest BCUT2D eigenvalue weighted by atomic mass is 35.5. The Morgan fingerprint density at radius 3 is 2.26 bits per heavy atom. The molecule has 2 aromatic carbocycles. The van der Waals surface area contributed by atoms with Crippen LogP contribution in [0.3, 0.4) is 0 Å². The molecule has 0 spiro atoms. The largest absolute Gasteiger partial charge is 0.378 e. The molecular formula is C28H28ClN5S. The van der Waals surface area contributed by atoms with E-state index in [4.69, 9.17) is 23.8 Å². The molecule has 2 unspecified atom stereocenters. The number of halogens is 1. The van der Waals surface area contributed by atoms with E-state index in [0.717, 1.165) is 17.1 Å². The topological polar surface area (TPSA) is 36.3 Å². The number of aryl methyl sites for hydroxylation is 1. The van der Waals surface area contributed by atoms with Crippen molar-refractivity contribution in [1.29, 1.82) is 0 Å². The second kappa shape index (κ2) is 9.36. The number of nitrogens with zero attached hydrogens (tertiary/aromatic N) is 4. The number of pyridine rings is 1. The van der Waals surface area contributed by atoms with Crippen LogP contribution in [-0.2, 0) is 0 Å². The molecule has 2 aromatic heterocycles. The molecule has 7 heteroatoms. The maximum absolute atomic E-state index is 6.20. The second-order valence-corrected chi connectivity index (χ2v) is 9.87. The minimum Gasteiger partial charge on any atom is -0.378 e. The Hall–Kier alpha value is -3.35. The van der Waals surface area contributed by atoms with Crippen LogP contribution in [0.5, 0.6) is 0 Å². The van der Waals surface area contributed by atoms with Crippen molar-refractivity contribution in [3.63, 3.8) is 0 Å². The minimum atomic E-state index is -0.0931. The molecule has 4 aromatic rings. The average Bonchev–Trinajstić information content (AvgIpc) is 3.35. The van der Waals surface area contributed by atoms with Gasteiger partial charge in [-0.2, -0.15) is 0 Å². The van der Waals surface area contributed by atoms with Gasteiger partial charge < -0.3 is 19.7 Å². The Balaban J connectivity index is 1.64. The number of hydrogen-bond acceptors (Lipinski definition) is 3. The molecule has 1 saturated heterocycles. The Morgan fingerprint density at radius 2 is 1.63 bits per heavy atom. The maximum Gasteiger partial charge on any atom is 0.174 e. The van der Waals surface area contributed by atoms with Crippen LogP contribution < -0.4 is 15.1 Å². The molecule has 3 heterocycles. The summed E-state index contributed by atoms with van der Waals surface area (Å²) in [6.07, 6.45) is 1.83. The SMILES string of the molecule is Cc1cc(C2C(c3ccccn3)NC(=S)N2c2ccc(Cl)cc2)c(C)n1-c1ccc(N(C)C)cc1. The molecule has 5 nitrogen and oxygen atoms in total. The van der Waals surface area contributed by atoms with E-state index in [-0.39, 0.29) is 12.1 Å². The highest BCUT2D eigenvalue weighted by Crippen LogP contribution is 2.43. The number of anilines is 2. The zero-order chi connectivity index (χ0) is 24.7. The zero-order valence-corrected chi connectivity index (χ0v) is 21.8. The fourth-order valence-corrected chi connectivity index (χ4v) is 5.41. The van der Waals surface area contributed by atoms with Gasteiger partial charge in [-0.15, -0.1) is 0 Å². The summed E-state index contributed by atoms with van der Waals surface area (Å²) in [5, 5.41) is 4.92. The first-order valence-corrected chi connectivity index (χ1v) is 12.4. The van der Waals surface area contributed by atoms with Crippen molar-refractivity contribution >= 4 is 40.3 Å².